The average molecular weight is 489 g/mol. The molecule has 5 nitrogen and oxygen atoms in total. The molecule has 5 saturated carbocycles. The van der Waals surface area contributed by atoms with Crippen LogP contribution >= 0.6 is 0 Å². The van der Waals surface area contributed by atoms with Gasteiger partial charge in [0.1, 0.15) is 6.10 Å². The first-order valence-electron chi connectivity index (χ1n) is 14.4. The summed E-state index contributed by atoms with van der Waals surface area (Å²) in [4.78, 5) is 12.3. The third-order valence-corrected chi connectivity index (χ3v) is 14.7. The first-order valence-corrected chi connectivity index (χ1v) is 14.4. The Kier molecular flexibility index (Phi) is 4.83. The fourth-order valence-corrected chi connectivity index (χ4v) is 11.9. The number of carboxylic acid groups (broad SMARTS) is 1. The highest BCUT2D eigenvalue weighted by Crippen LogP contribution is 2.79. The van der Waals surface area contributed by atoms with E-state index in [1.54, 1.807) is 0 Å². The molecule has 0 aromatic heterocycles. The fraction of sp³-hybridized carbons (Fsp3) is 0.967. The van der Waals surface area contributed by atoms with Crippen LogP contribution in [0.5, 0.6) is 0 Å². The molecular formula is C30H48O5. The van der Waals surface area contributed by atoms with Crippen LogP contribution in [0.2, 0.25) is 0 Å². The van der Waals surface area contributed by atoms with Gasteiger partial charge in [-0.3, -0.25) is 4.79 Å². The molecule has 6 rings (SSSR count). The molecule has 5 heteroatoms. The summed E-state index contributed by atoms with van der Waals surface area (Å²) in [6.07, 6.45) is 9.34. The van der Waals surface area contributed by atoms with E-state index in [0.717, 1.165) is 44.9 Å². The lowest BCUT2D eigenvalue weighted by Crippen LogP contribution is -2.69. The predicted molar refractivity (Wildman–Crippen MR) is 133 cm³/mol. The molecule has 12 atom stereocenters. The number of hydrogen-bond acceptors (Lipinski definition) is 4. The Labute approximate surface area is 211 Å². The minimum Gasteiger partial charge on any atom is -0.481 e. The minimum atomic E-state index is -1.39. The Bertz CT molecular complexity index is 951. The van der Waals surface area contributed by atoms with Crippen LogP contribution in [-0.2, 0) is 9.53 Å². The van der Waals surface area contributed by atoms with Crippen molar-refractivity contribution in [2.45, 2.75) is 118 Å². The third kappa shape index (κ3) is 2.64. The number of rotatable bonds is 1. The zero-order chi connectivity index (χ0) is 25.4. The van der Waals surface area contributed by atoms with E-state index in [2.05, 4.69) is 34.6 Å². The first-order chi connectivity index (χ1) is 16.1. The van der Waals surface area contributed by atoms with Crippen molar-refractivity contribution >= 4 is 5.97 Å². The summed E-state index contributed by atoms with van der Waals surface area (Å²) in [5, 5.41) is 32.4. The number of aliphatic carboxylic acids is 1. The molecule has 3 N–H and O–H groups in total. The molecule has 6 fully saturated rings. The summed E-state index contributed by atoms with van der Waals surface area (Å²) in [6.45, 7) is 14.7. The Morgan fingerprint density at radius 1 is 0.857 bits per heavy atom. The second-order valence-corrected chi connectivity index (χ2v) is 15.5. The summed E-state index contributed by atoms with van der Waals surface area (Å²) < 4.78 is 6.00. The highest BCUT2D eigenvalue weighted by molar-refractivity contribution is 5.74. The maximum Gasteiger partial charge on any atom is 0.309 e. The average Bonchev–Trinajstić information content (AvgIpc) is 2.97. The van der Waals surface area contributed by atoms with E-state index in [0.29, 0.717) is 30.8 Å². The smallest absolute Gasteiger partial charge is 0.309 e. The summed E-state index contributed by atoms with van der Waals surface area (Å²) in [5.74, 6) is -0.714. The third-order valence-electron chi connectivity index (χ3n) is 14.7. The van der Waals surface area contributed by atoms with Crippen molar-refractivity contribution in [3.8, 4) is 0 Å². The molecular weight excluding hydrogens is 440 g/mol. The van der Waals surface area contributed by atoms with Gasteiger partial charge in [-0.25, -0.2) is 0 Å². The second kappa shape index (κ2) is 6.86. The van der Waals surface area contributed by atoms with E-state index in [1.807, 2.05) is 6.92 Å². The van der Waals surface area contributed by atoms with Crippen molar-refractivity contribution in [3.63, 3.8) is 0 Å². The molecule has 1 spiro atoms. The van der Waals surface area contributed by atoms with Crippen LogP contribution in [0, 0.1) is 56.2 Å². The molecule has 0 amide bonds. The Morgan fingerprint density at radius 2 is 1.49 bits per heavy atom. The van der Waals surface area contributed by atoms with Crippen LogP contribution in [0.25, 0.3) is 0 Å². The Morgan fingerprint density at radius 3 is 2.17 bits per heavy atom. The van der Waals surface area contributed by atoms with E-state index in [-0.39, 0.29) is 33.0 Å². The lowest BCUT2D eigenvalue weighted by Gasteiger charge is -2.74. The van der Waals surface area contributed by atoms with E-state index in [4.69, 9.17) is 4.74 Å². The number of fused-ring (bicyclic) bond motifs is 7. The molecule has 2 bridgehead atoms. The summed E-state index contributed by atoms with van der Waals surface area (Å²) >= 11 is 0. The number of aliphatic hydroxyl groups is 2. The maximum atomic E-state index is 12.3. The van der Waals surface area contributed by atoms with Gasteiger partial charge < -0.3 is 20.1 Å². The molecule has 0 aromatic carbocycles. The minimum absolute atomic E-state index is 0.0424. The summed E-state index contributed by atoms with van der Waals surface area (Å²) in [7, 11) is 0. The maximum absolute atomic E-state index is 12.3. The molecule has 35 heavy (non-hydrogen) atoms. The van der Waals surface area contributed by atoms with Crippen LogP contribution in [0.1, 0.15) is 106 Å². The van der Waals surface area contributed by atoms with Crippen molar-refractivity contribution in [1.82, 2.24) is 0 Å². The quantitative estimate of drug-likeness (QED) is 0.446. The molecule has 1 heterocycles. The standard InChI is InChI=1S/C30H48O5/c1-18-29-8-7-19-26(4,20(29)15-22(31)30(18,34)35-17-29)12-14-28(6)21-16-25(3,23(32)33)10-9-24(21,2)11-13-27(19,28)5/h18-22,31,34H,7-17H2,1-6H3,(H,32,33)/t18-,19?,20+,21-,22-,24-,25-,26-,27-,28+,29+,30-/m1/s1. The molecule has 0 radical (unpaired) electrons. The first kappa shape index (κ1) is 24.7. The van der Waals surface area contributed by atoms with Gasteiger partial charge in [-0.05, 0) is 111 Å². The molecule has 0 aromatic rings. The second-order valence-electron chi connectivity index (χ2n) is 15.5. The van der Waals surface area contributed by atoms with Gasteiger partial charge in [-0.1, -0.05) is 34.6 Å². The van der Waals surface area contributed by atoms with Crippen LogP contribution < -0.4 is 0 Å². The van der Waals surface area contributed by atoms with Gasteiger partial charge in [0.2, 0.25) is 0 Å². The van der Waals surface area contributed by atoms with E-state index < -0.39 is 23.3 Å². The fourth-order valence-electron chi connectivity index (χ4n) is 11.9. The summed E-state index contributed by atoms with van der Waals surface area (Å²) in [5.41, 5.74) is -0.0361. The zero-order valence-electron chi connectivity index (χ0n) is 22.8. The lowest BCUT2D eigenvalue weighted by molar-refractivity contribution is -0.291. The van der Waals surface area contributed by atoms with Gasteiger partial charge >= 0.3 is 5.97 Å². The van der Waals surface area contributed by atoms with Crippen molar-refractivity contribution in [2.24, 2.45) is 56.2 Å². The highest BCUT2D eigenvalue weighted by atomic mass is 16.6. The SMILES string of the molecule is C[C@@H]1[C@@]23CCC4[C@@](C)(CC[C@@]5(C)[C@@H]6C[C@](C)(C(=O)O)CC[C@]6(C)CC[C@]45C)[C@@H]2C[C@@H](O)[C@]1(O)OC3. The van der Waals surface area contributed by atoms with Crippen molar-refractivity contribution in [2.75, 3.05) is 6.61 Å². The van der Waals surface area contributed by atoms with Crippen LogP contribution in [0.3, 0.4) is 0 Å². The van der Waals surface area contributed by atoms with Crippen LogP contribution in [0.15, 0.2) is 0 Å². The molecule has 6 aliphatic rings. The molecule has 1 aliphatic heterocycles. The molecule has 1 saturated heterocycles. The Balaban J connectivity index is 1.40. The van der Waals surface area contributed by atoms with Gasteiger partial charge in [0.15, 0.2) is 5.79 Å². The number of carboxylic acids is 1. The topological polar surface area (TPSA) is 87.0 Å². The van der Waals surface area contributed by atoms with Crippen molar-refractivity contribution in [3.05, 3.63) is 0 Å². The number of hydrogen-bond donors (Lipinski definition) is 3. The van der Waals surface area contributed by atoms with E-state index >= 15 is 0 Å². The van der Waals surface area contributed by atoms with Gasteiger partial charge in [-0.2, -0.15) is 0 Å². The van der Waals surface area contributed by atoms with Crippen molar-refractivity contribution in [1.29, 1.82) is 0 Å². The molecule has 5 aliphatic carbocycles. The normalized spacial score (nSPS) is 63.4. The van der Waals surface area contributed by atoms with Gasteiger partial charge in [-0.15, -0.1) is 0 Å². The van der Waals surface area contributed by atoms with E-state index in [9.17, 15) is 20.1 Å². The van der Waals surface area contributed by atoms with E-state index in [1.165, 1.54) is 12.8 Å². The van der Waals surface area contributed by atoms with Crippen molar-refractivity contribution < 1.29 is 24.9 Å². The van der Waals surface area contributed by atoms with Crippen LogP contribution in [0.4, 0.5) is 0 Å². The molecule has 198 valence electrons. The number of ether oxygens (including phenoxy) is 1. The van der Waals surface area contributed by atoms with Gasteiger partial charge in [0, 0.05) is 11.3 Å². The predicted octanol–water partition coefficient (Wildman–Crippen LogP) is 5.62. The Hall–Kier alpha value is -0.650. The number of aliphatic hydroxyl groups excluding tert-OH is 1. The zero-order valence-corrected chi connectivity index (χ0v) is 22.8. The van der Waals surface area contributed by atoms with Crippen LogP contribution in [-0.4, -0.2) is 39.8 Å². The van der Waals surface area contributed by atoms with Gasteiger partial charge in [0.25, 0.3) is 0 Å². The summed E-state index contributed by atoms with van der Waals surface area (Å²) in [6, 6.07) is 0. The lowest BCUT2D eigenvalue weighted by atomic mass is 9.30. The monoisotopic (exact) mass is 488 g/mol. The van der Waals surface area contributed by atoms with Gasteiger partial charge in [0.05, 0.1) is 12.0 Å². The highest BCUT2D eigenvalue weighted by Gasteiger charge is 2.75. The number of carbonyl (C=O) groups is 1. The largest absolute Gasteiger partial charge is 0.481 e. The molecule has 1 unspecified atom stereocenters.